The molecule has 2 rings (SSSR count). The zero-order valence-electron chi connectivity index (χ0n) is 10.5. The lowest BCUT2D eigenvalue weighted by Gasteiger charge is -2.11. The normalized spacial score (nSPS) is 11.9. The number of ketones is 1. The van der Waals surface area contributed by atoms with Gasteiger partial charge in [-0.1, -0.05) is 30.3 Å². The highest BCUT2D eigenvalue weighted by atomic mass is 16.5. The lowest BCUT2D eigenvalue weighted by molar-refractivity contribution is 0.0747. The van der Waals surface area contributed by atoms with Gasteiger partial charge in [-0.3, -0.25) is 4.79 Å². The lowest BCUT2D eigenvalue weighted by Crippen LogP contribution is -2.12. The number of hydrogen-bond acceptors (Lipinski definition) is 4. The number of rotatable bonds is 4. The monoisotopic (exact) mass is 257 g/mol. The molecule has 2 aromatic rings. The number of hydrogen-bond donors (Lipinski definition) is 2. The third kappa shape index (κ3) is 2.74. The van der Waals surface area contributed by atoms with E-state index in [-0.39, 0.29) is 5.78 Å². The number of aliphatic hydroxyl groups is 1. The Morgan fingerprint density at radius 1 is 1.21 bits per heavy atom. The number of carbonyl (C=O) groups is 1. The summed E-state index contributed by atoms with van der Waals surface area (Å²) in [4.78, 5) is 12.2. The molecule has 0 aromatic heterocycles. The molecule has 2 aromatic carbocycles. The molecule has 4 heteroatoms. The molecule has 0 heterocycles. The van der Waals surface area contributed by atoms with Crippen molar-refractivity contribution in [3.05, 3.63) is 59.7 Å². The maximum atomic E-state index is 12.2. The Morgan fingerprint density at radius 2 is 1.89 bits per heavy atom. The first-order valence-corrected chi connectivity index (χ1v) is 5.84. The Morgan fingerprint density at radius 3 is 2.47 bits per heavy atom. The van der Waals surface area contributed by atoms with Crippen molar-refractivity contribution in [1.82, 2.24) is 0 Å². The smallest absolute Gasteiger partial charge is 0.195 e. The van der Waals surface area contributed by atoms with Crippen LogP contribution in [0.2, 0.25) is 0 Å². The zero-order valence-corrected chi connectivity index (χ0v) is 10.5. The highest BCUT2D eigenvalue weighted by molar-refractivity contribution is 6.00. The molecule has 0 amide bonds. The molecular weight excluding hydrogens is 242 g/mol. The van der Waals surface area contributed by atoms with Crippen molar-refractivity contribution in [3.8, 4) is 5.75 Å². The first-order valence-electron chi connectivity index (χ1n) is 5.84. The van der Waals surface area contributed by atoms with Gasteiger partial charge in [0.05, 0.1) is 12.8 Å². The van der Waals surface area contributed by atoms with Crippen LogP contribution >= 0.6 is 0 Å². The topological polar surface area (TPSA) is 72.5 Å². The van der Waals surface area contributed by atoms with Crippen LogP contribution in [0.1, 0.15) is 22.0 Å². The number of benzene rings is 2. The average Bonchev–Trinajstić information content (AvgIpc) is 2.46. The highest BCUT2D eigenvalue weighted by Gasteiger charge is 2.19. The number of ether oxygens (including phenoxy) is 1. The molecular formula is C15H15NO3. The zero-order chi connectivity index (χ0) is 13.8. The third-order valence-electron chi connectivity index (χ3n) is 2.88. The fourth-order valence-electron chi connectivity index (χ4n) is 1.83. The Kier molecular flexibility index (Phi) is 3.82. The Balaban J connectivity index is 2.27. The molecule has 0 saturated heterocycles. The molecule has 0 aliphatic rings. The van der Waals surface area contributed by atoms with Crippen molar-refractivity contribution in [3.63, 3.8) is 0 Å². The minimum Gasteiger partial charge on any atom is -0.495 e. The molecule has 4 nitrogen and oxygen atoms in total. The summed E-state index contributed by atoms with van der Waals surface area (Å²) in [7, 11) is 1.51. The number of aliphatic hydroxyl groups excluding tert-OH is 1. The summed E-state index contributed by atoms with van der Waals surface area (Å²) in [5.41, 5.74) is 7.03. The molecule has 19 heavy (non-hydrogen) atoms. The van der Waals surface area contributed by atoms with Gasteiger partial charge in [-0.15, -0.1) is 0 Å². The van der Waals surface area contributed by atoms with Gasteiger partial charge in [0.15, 0.2) is 5.78 Å². The molecule has 0 bridgehead atoms. The van der Waals surface area contributed by atoms with Crippen molar-refractivity contribution in [2.24, 2.45) is 0 Å². The van der Waals surface area contributed by atoms with E-state index in [1.165, 1.54) is 13.2 Å². The molecule has 98 valence electrons. The van der Waals surface area contributed by atoms with E-state index < -0.39 is 6.10 Å². The highest BCUT2D eigenvalue weighted by Crippen LogP contribution is 2.25. The standard InChI is InChI=1S/C15H15NO3/c1-19-13-8-7-11(9-12(13)16)15(18)14(17)10-5-3-2-4-6-10/h2-9,14,17H,16H2,1H3. The van der Waals surface area contributed by atoms with Crippen LogP contribution in [0.25, 0.3) is 0 Å². The van der Waals surface area contributed by atoms with Crippen LogP contribution < -0.4 is 10.5 Å². The van der Waals surface area contributed by atoms with Gasteiger partial charge in [0.25, 0.3) is 0 Å². The second-order valence-corrected chi connectivity index (χ2v) is 4.13. The van der Waals surface area contributed by atoms with E-state index in [1.54, 1.807) is 36.4 Å². The van der Waals surface area contributed by atoms with E-state index in [0.29, 0.717) is 22.6 Å². The van der Waals surface area contributed by atoms with Crippen LogP contribution in [0.15, 0.2) is 48.5 Å². The Bertz CT molecular complexity index is 581. The van der Waals surface area contributed by atoms with Crippen molar-refractivity contribution in [2.75, 3.05) is 12.8 Å². The third-order valence-corrected chi connectivity index (χ3v) is 2.88. The number of methoxy groups -OCH3 is 1. The molecule has 0 aliphatic heterocycles. The van der Waals surface area contributed by atoms with Crippen LogP contribution in [0.5, 0.6) is 5.75 Å². The molecule has 1 atom stereocenters. The van der Waals surface area contributed by atoms with Crippen LogP contribution in [-0.4, -0.2) is 18.0 Å². The minimum atomic E-state index is -1.19. The molecule has 1 unspecified atom stereocenters. The maximum Gasteiger partial charge on any atom is 0.195 e. The molecule has 0 spiro atoms. The van der Waals surface area contributed by atoms with Gasteiger partial charge < -0.3 is 15.6 Å². The second-order valence-electron chi connectivity index (χ2n) is 4.13. The summed E-state index contributed by atoms with van der Waals surface area (Å²) in [6.45, 7) is 0. The van der Waals surface area contributed by atoms with E-state index in [1.807, 2.05) is 6.07 Å². The minimum absolute atomic E-state index is 0.356. The van der Waals surface area contributed by atoms with Gasteiger partial charge in [-0.05, 0) is 23.8 Å². The SMILES string of the molecule is COc1ccc(C(=O)C(O)c2ccccc2)cc1N. The summed E-state index contributed by atoms with van der Waals surface area (Å²) in [6, 6.07) is 13.5. The number of Topliss-reactive ketones (excluding diaryl/α,β-unsaturated/α-hetero) is 1. The predicted molar refractivity (Wildman–Crippen MR) is 73.1 cm³/mol. The van der Waals surface area contributed by atoms with E-state index in [9.17, 15) is 9.90 Å². The summed E-state index contributed by atoms with van der Waals surface area (Å²) < 4.78 is 5.03. The fraction of sp³-hybridized carbons (Fsp3) is 0.133. The van der Waals surface area contributed by atoms with Crippen LogP contribution in [0, 0.1) is 0 Å². The maximum absolute atomic E-state index is 12.2. The number of nitrogen functional groups attached to an aromatic ring is 1. The summed E-state index contributed by atoms with van der Waals surface area (Å²) in [5.74, 6) is 0.117. The van der Waals surface area contributed by atoms with Gasteiger partial charge >= 0.3 is 0 Å². The first-order chi connectivity index (χ1) is 9.13. The van der Waals surface area contributed by atoms with E-state index in [0.717, 1.165) is 0 Å². The fourth-order valence-corrected chi connectivity index (χ4v) is 1.83. The average molecular weight is 257 g/mol. The van der Waals surface area contributed by atoms with Gasteiger partial charge in [0, 0.05) is 5.56 Å². The lowest BCUT2D eigenvalue weighted by atomic mass is 9.99. The number of carbonyl (C=O) groups excluding carboxylic acids is 1. The number of nitrogens with two attached hydrogens (primary N) is 1. The van der Waals surface area contributed by atoms with Crippen molar-refractivity contribution >= 4 is 11.5 Å². The van der Waals surface area contributed by atoms with E-state index >= 15 is 0 Å². The van der Waals surface area contributed by atoms with Crippen LogP contribution in [0.4, 0.5) is 5.69 Å². The molecule has 3 N–H and O–H groups in total. The van der Waals surface area contributed by atoms with Crippen molar-refractivity contribution in [1.29, 1.82) is 0 Å². The molecule has 0 aliphatic carbocycles. The largest absolute Gasteiger partial charge is 0.495 e. The second kappa shape index (κ2) is 5.54. The van der Waals surface area contributed by atoms with E-state index in [2.05, 4.69) is 0 Å². The summed E-state index contributed by atoms with van der Waals surface area (Å²) >= 11 is 0. The van der Waals surface area contributed by atoms with Gasteiger partial charge in [0.2, 0.25) is 0 Å². The van der Waals surface area contributed by atoms with Crippen molar-refractivity contribution < 1.29 is 14.6 Å². The molecule has 0 fully saturated rings. The van der Waals surface area contributed by atoms with Gasteiger partial charge in [-0.2, -0.15) is 0 Å². The summed E-state index contributed by atoms with van der Waals surface area (Å²) in [6.07, 6.45) is -1.19. The molecule has 0 radical (unpaired) electrons. The van der Waals surface area contributed by atoms with Gasteiger partial charge in [-0.25, -0.2) is 0 Å². The quantitative estimate of drug-likeness (QED) is 0.650. The predicted octanol–water partition coefficient (Wildman–Crippen LogP) is 2.19. The van der Waals surface area contributed by atoms with Crippen molar-refractivity contribution in [2.45, 2.75) is 6.10 Å². The summed E-state index contributed by atoms with van der Waals surface area (Å²) in [5, 5.41) is 10.0. The number of anilines is 1. The van der Waals surface area contributed by atoms with Crippen LogP contribution in [0.3, 0.4) is 0 Å². The van der Waals surface area contributed by atoms with Crippen LogP contribution in [-0.2, 0) is 0 Å². The molecule has 0 saturated carbocycles. The Labute approximate surface area is 111 Å². The van der Waals surface area contributed by atoms with Gasteiger partial charge in [0.1, 0.15) is 11.9 Å². The Hall–Kier alpha value is -2.33. The van der Waals surface area contributed by atoms with E-state index in [4.69, 9.17) is 10.5 Å². The first kappa shape index (κ1) is 13.1.